The van der Waals surface area contributed by atoms with Crippen LogP contribution in [0.15, 0.2) is 24.3 Å². The highest BCUT2D eigenvalue weighted by Crippen LogP contribution is 2.11. The zero-order chi connectivity index (χ0) is 15.8. The van der Waals surface area contributed by atoms with Crippen molar-refractivity contribution in [3.8, 4) is 5.75 Å². The third kappa shape index (κ3) is 6.14. The number of hydrogen-bond acceptors (Lipinski definition) is 4. The van der Waals surface area contributed by atoms with Gasteiger partial charge in [-0.05, 0) is 37.0 Å². The van der Waals surface area contributed by atoms with E-state index in [1.807, 2.05) is 20.8 Å². The SMILES string of the molecule is CCOCC(NC(=O)[C@H](N)Cc1ccc(O)cc1)C(C)C. The Bertz CT molecular complexity index is 432. The fourth-order valence-electron chi connectivity index (χ4n) is 1.91. The highest BCUT2D eigenvalue weighted by Gasteiger charge is 2.20. The van der Waals surface area contributed by atoms with Crippen LogP contribution in [0.5, 0.6) is 5.75 Å². The topological polar surface area (TPSA) is 84.6 Å². The minimum absolute atomic E-state index is 0.0386. The quantitative estimate of drug-likeness (QED) is 0.677. The van der Waals surface area contributed by atoms with E-state index in [-0.39, 0.29) is 23.6 Å². The van der Waals surface area contributed by atoms with Gasteiger partial charge in [0.05, 0.1) is 18.7 Å². The lowest BCUT2D eigenvalue weighted by atomic mass is 10.0. The fraction of sp³-hybridized carbons (Fsp3) is 0.562. The van der Waals surface area contributed by atoms with E-state index in [1.54, 1.807) is 24.3 Å². The molecule has 4 N–H and O–H groups in total. The predicted molar refractivity (Wildman–Crippen MR) is 83.0 cm³/mol. The zero-order valence-electron chi connectivity index (χ0n) is 13.0. The summed E-state index contributed by atoms with van der Waals surface area (Å²) in [7, 11) is 0. The summed E-state index contributed by atoms with van der Waals surface area (Å²) in [5, 5.41) is 12.2. The van der Waals surface area contributed by atoms with Crippen LogP contribution in [0.25, 0.3) is 0 Å². The first-order valence-corrected chi connectivity index (χ1v) is 7.35. The van der Waals surface area contributed by atoms with Crippen LogP contribution in [0, 0.1) is 5.92 Å². The summed E-state index contributed by atoms with van der Waals surface area (Å²) in [6, 6.07) is 6.06. The van der Waals surface area contributed by atoms with Crippen molar-refractivity contribution in [2.75, 3.05) is 13.2 Å². The van der Waals surface area contributed by atoms with Gasteiger partial charge in [-0.3, -0.25) is 4.79 Å². The molecule has 0 spiro atoms. The van der Waals surface area contributed by atoms with Crippen molar-refractivity contribution in [3.63, 3.8) is 0 Å². The maximum Gasteiger partial charge on any atom is 0.237 e. The van der Waals surface area contributed by atoms with Crippen LogP contribution in [0.3, 0.4) is 0 Å². The Hall–Kier alpha value is -1.59. The summed E-state index contributed by atoms with van der Waals surface area (Å²) in [5.74, 6) is 0.302. The number of rotatable bonds is 8. The number of ether oxygens (including phenoxy) is 1. The van der Waals surface area contributed by atoms with Gasteiger partial charge in [-0.2, -0.15) is 0 Å². The Labute approximate surface area is 126 Å². The van der Waals surface area contributed by atoms with Crippen molar-refractivity contribution in [1.29, 1.82) is 0 Å². The predicted octanol–water partition coefficient (Wildman–Crippen LogP) is 1.44. The van der Waals surface area contributed by atoms with E-state index < -0.39 is 6.04 Å². The number of aromatic hydroxyl groups is 1. The number of benzene rings is 1. The van der Waals surface area contributed by atoms with Crippen molar-refractivity contribution in [3.05, 3.63) is 29.8 Å². The molecule has 0 aromatic heterocycles. The van der Waals surface area contributed by atoms with Crippen molar-refractivity contribution in [1.82, 2.24) is 5.32 Å². The van der Waals surface area contributed by atoms with Crippen LogP contribution in [-0.4, -0.2) is 36.3 Å². The van der Waals surface area contributed by atoms with Crippen molar-refractivity contribution < 1.29 is 14.6 Å². The van der Waals surface area contributed by atoms with Gasteiger partial charge >= 0.3 is 0 Å². The molecule has 0 aliphatic rings. The molecule has 1 rings (SSSR count). The first-order valence-electron chi connectivity index (χ1n) is 7.35. The Morgan fingerprint density at radius 1 is 1.33 bits per heavy atom. The summed E-state index contributed by atoms with van der Waals surface area (Å²) < 4.78 is 5.39. The molecule has 0 aliphatic heterocycles. The van der Waals surface area contributed by atoms with Crippen molar-refractivity contribution >= 4 is 5.91 Å². The lowest BCUT2D eigenvalue weighted by Gasteiger charge is -2.24. The van der Waals surface area contributed by atoms with Gasteiger partial charge in [0.25, 0.3) is 0 Å². The number of hydrogen-bond donors (Lipinski definition) is 3. The Morgan fingerprint density at radius 3 is 2.48 bits per heavy atom. The molecule has 0 heterocycles. The van der Waals surface area contributed by atoms with Gasteiger partial charge in [0.2, 0.25) is 5.91 Å². The molecule has 0 aliphatic carbocycles. The average molecular weight is 294 g/mol. The number of phenols is 1. The molecule has 118 valence electrons. The van der Waals surface area contributed by atoms with Crippen LogP contribution < -0.4 is 11.1 Å². The number of nitrogens with two attached hydrogens (primary N) is 1. The summed E-state index contributed by atoms with van der Waals surface area (Å²) in [4.78, 5) is 12.2. The first kappa shape index (κ1) is 17.5. The second-order valence-electron chi connectivity index (χ2n) is 5.50. The van der Waals surface area contributed by atoms with Crippen molar-refractivity contribution in [2.45, 2.75) is 39.3 Å². The molecule has 0 saturated carbocycles. The number of nitrogens with one attached hydrogen (secondary N) is 1. The molecule has 21 heavy (non-hydrogen) atoms. The highest BCUT2D eigenvalue weighted by atomic mass is 16.5. The lowest BCUT2D eigenvalue weighted by molar-refractivity contribution is -0.123. The molecule has 1 amide bonds. The minimum Gasteiger partial charge on any atom is -0.508 e. The largest absolute Gasteiger partial charge is 0.508 e. The van der Waals surface area contributed by atoms with Gasteiger partial charge in [-0.15, -0.1) is 0 Å². The highest BCUT2D eigenvalue weighted by molar-refractivity contribution is 5.82. The average Bonchev–Trinajstić information content (AvgIpc) is 2.45. The third-order valence-electron chi connectivity index (χ3n) is 3.36. The van der Waals surface area contributed by atoms with E-state index in [9.17, 15) is 9.90 Å². The maximum absolute atomic E-state index is 12.2. The molecule has 0 fully saturated rings. The van der Waals surface area contributed by atoms with Gasteiger partial charge in [0.15, 0.2) is 0 Å². The van der Waals surface area contributed by atoms with E-state index >= 15 is 0 Å². The van der Waals surface area contributed by atoms with Gasteiger partial charge < -0.3 is 20.9 Å². The second-order valence-corrected chi connectivity index (χ2v) is 5.50. The molecule has 2 atom stereocenters. The second kappa shape index (κ2) is 8.64. The zero-order valence-corrected chi connectivity index (χ0v) is 13.0. The van der Waals surface area contributed by atoms with Gasteiger partial charge in [0, 0.05) is 6.61 Å². The summed E-state index contributed by atoms with van der Waals surface area (Å²) in [6.07, 6.45) is 0.436. The number of carbonyl (C=O) groups excluding carboxylic acids is 1. The molecule has 5 heteroatoms. The number of carbonyl (C=O) groups is 1. The van der Waals surface area contributed by atoms with Crippen LogP contribution in [0.2, 0.25) is 0 Å². The Morgan fingerprint density at radius 2 is 1.95 bits per heavy atom. The number of amides is 1. The molecule has 1 unspecified atom stereocenters. The Kier molecular flexibility index (Phi) is 7.19. The van der Waals surface area contributed by atoms with E-state index in [2.05, 4.69) is 5.32 Å². The van der Waals surface area contributed by atoms with E-state index in [0.717, 1.165) is 5.56 Å². The molecule has 0 bridgehead atoms. The van der Waals surface area contributed by atoms with Gasteiger partial charge in [0.1, 0.15) is 5.75 Å². The van der Waals surface area contributed by atoms with Gasteiger partial charge in [-0.1, -0.05) is 26.0 Å². The molecule has 0 radical (unpaired) electrons. The summed E-state index contributed by atoms with van der Waals surface area (Å²) in [6.45, 7) is 7.12. The molecule has 5 nitrogen and oxygen atoms in total. The van der Waals surface area contributed by atoms with Crippen LogP contribution in [0.4, 0.5) is 0 Å². The van der Waals surface area contributed by atoms with Gasteiger partial charge in [-0.25, -0.2) is 0 Å². The normalized spacial score (nSPS) is 14.0. The van der Waals surface area contributed by atoms with E-state index in [0.29, 0.717) is 19.6 Å². The van der Waals surface area contributed by atoms with Crippen molar-refractivity contribution in [2.24, 2.45) is 11.7 Å². The monoisotopic (exact) mass is 294 g/mol. The minimum atomic E-state index is -0.614. The molecule has 0 saturated heterocycles. The first-order chi connectivity index (χ1) is 9.93. The molecule has 1 aromatic rings. The van der Waals surface area contributed by atoms with Crippen LogP contribution >= 0.6 is 0 Å². The molecule has 1 aromatic carbocycles. The summed E-state index contributed by atoms with van der Waals surface area (Å²) >= 11 is 0. The number of phenolic OH excluding ortho intramolecular Hbond substituents is 1. The summed E-state index contributed by atoms with van der Waals surface area (Å²) in [5.41, 5.74) is 6.87. The maximum atomic E-state index is 12.2. The smallest absolute Gasteiger partial charge is 0.237 e. The van der Waals surface area contributed by atoms with E-state index in [4.69, 9.17) is 10.5 Å². The van der Waals surface area contributed by atoms with Crippen LogP contribution in [-0.2, 0) is 16.0 Å². The lowest BCUT2D eigenvalue weighted by Crippen LogP contribution is -2.49. The molecular formula is C16H26N2O3. The standard InChI is InChI=1S/C16H26N2O3/c1-4-21-10-15(11(2)3)18-16(20)14(17)9-12-5-7-13(19)8-6-12/h5-8,11,14-15,19H,4,9-10,17H2,1-3H3,(H,18,20)/t14-,15?/m1/s1. The van der Waals surface area contributed by atoms with E-state index in [1.165, 1.54) is 0 Å². The van der Waals surface area contributed by atoms with Crippen LogP contribution in [0.1, 0.15) is 26.3 Å². The molecular weight excluding hydrogens is 268 g/mol. The fourth-order valence-corrected chi connectivity index (χ4v) is 1.91. The third-order valence-corrected chi connectivity index (χ3v) is 3.36. The Balaban J connectivity index is 2.54.